The van der Waals surface area contributed by atoms with Crippen molar-refractivity contribution in [2.45, 2.75) is 0 Å². The molecule has 0 aliphatic heterocycles. The molecular formula is C12H14N2O4S. The maximum Gasteiger partial charge on any atom is 0.328 e. The van der Waals surface area contributed by atoms with Crippen LogP contribution in [0.2, 0.25) is 0 Å². The number of thiophene rings is 1. The van der Waals surface area contributed by atoms with Crippen LogP contribution in [0, 0.1) is 0 Å². The summed E-state index contributed by atoms with van der Waals surface area (Å²) in [5, 5.41) is 12.7. The summed E-state index contributed by atoms with van der Waals surface area (Å²) in [4.78, 5) is 35.4. The number of carboxylic acids is 1. The Morgan fingerprint density at radius 2 is 2.11 bits per heavy atom. The Balaban J connectivity index is 2.70. The van der Waals surface area contributed by atoms with Crippen LogP contribution in [0.1, 0.15) is 15.2 Å². The molecule has 1 aromatic heterocycles. The third-order valence-corrected chi connectivity index (χ3v) is 3.14. The van der Waals surface area contributed by atoms with Gasteiger partial charge in [0.15, 0.2) is 0 Å². The van der Waals surface area contributed by atoms with Crippen molar-refractivity contribution in [3.8, 4) is 0 Å². The molecule has 0 saturated heterocycles. The fourth-order valence-corrected chi connectivity index (χ4v) is 1.99. The van der Waals surface area contributed by atoms with Crippen molar-refractivity contribution < 1.29 is 19.5 Å². The highest BCUT2D eigenvalue weighted by Crippen LogP contribution is 2.18. The molecule has 0 aliphatic rings. The van der Waals surface area contributed by atoms with Crippen molar-refractivity contribution in [2.24, 2.45) is 0 Å². The number of carbonyl (C=O) groups is 3. The number of nitrogens with one attached hydrogen (secondary N) is 1. The van der Waals surface area contributed by atoms with Gasteiger partial charge in [-0.15, -0.1) is 11.3 Å². The fourth-order valence-electron chi connectivity index (χ4n) is 1.19. The van der Waals surface area contributed by atoms with Crippen LogP contribution in [0.3, 0.4) is 0 Å². The highest BCUT2D eigenvalue weighted by atomic mass is 32.1. The quantitative estimate of drug-likeness (QED) is 0.777. The van der Waals surface area contributed by atoms with Gasteiger partial charge >= 0.3 is 5.97 Å². The summed E-state index contributed by atoms with van der Waals surface area (Å²) in [5.41, 5.74) is 0.516. The lowest BCUT2D eigenvalue weighted by Gasteiger charge is -2.10. The first-order valence-corrected chi connectivity index (χ1v) is 6.26. The summed E-state index contributed by atoms with van der Waals surface area (Å²) in [6.07, 6.45) is 2.31. The van der Waals surface area contributed by atoms with E-state index in [0.717, 1.165) is 6.08 Å². The minimum atomic E-state index is -1.08. The van der Waals surface area contributed by atoms with Crippen LogP contribution in [0.25, 0.3) is 6.08 Å². The predicted octanol–water partition coefficient (Wildman–Crippen LogP) is 0.664. The van der Waals surface area contributed by atoms with Crippen LogP contribution >= 0.6 is 11.3 Å². The molecule has 0 aliphatic carbocycles. The zero-order chi connectivity index (χ0) is 14.4. The van der Waals surface area contributed by atoms with Gasteiger partial charge in [-0.1, -0.05) is 0 Å². The molecule has 102 valence electrons. The van der Waals surface area contributed by atoms with E-state index in [9.17, 15) is 14.4 Å². The lowest BCUT2D eigenvalue weighted by Crippen LogP contribution is -2.36. The van der Waals surface area contributed by atoms with Gasteiger partial charge in [-0.3, -0.25) is 9.59 Å². The van der Waals surface area contributed by atoms with E-state index in [-0.39, 0.29) is 12.5 Å². The van der Waals surface area contributed by atoms with Crippen LogP contribution in [0.15, 0.2) is 17.5 Å². The molecule has 1 rings (SSSR count). The van der Waals surface area contributed by atoms with E-state index >= 15 is 0 Å². The smallest absolute Gasteiger partial charge is 0.328 e. The molecule has 0 unspecified atom stereocenters. The van der Waals surface area contributed by atoms with Gasteiger partial charge in [-0.2, -0.15) is 0 Å². The van der Waals surface area contributed by atoms with Crippen LogP contribution in [-0.4, -0.2) is 48.4 Å². The molecule has 0 bridgehead atoms. The number of hydrogen-bond donors (Lipinski definition) is 2. The molecule has 0 atom stereocenters. The second kappa shape index (κ2) is 6.69. The van der Waals surface area contributed by atoms with Gasteiger partial charge in [0.1, 0.15) is 0 Å². The van der Waals surface area contributed by atoms with E-state index in [4.69, 9.17) is 5.11 Å². The number of nitrogens with zero attached hydrogens (tertiary/aromatic N) is 1. The SMILES string of the molecule is CN(C)C(=O)CNC(=O)c1sccc1/C=C/C(=O)O. The molecule has 0 spiro atoms. The van der Waals surface area contributed by atoms with Crippen LogP contribution in [-0.2, 0) is 9.59 Å². The minimum absolute atomic E-state index is 0.0915. The molecule has 2 amide bonds. The van der Waals surface area contributed by atoms with E-state index in [2.05, 4.69) is 5.32 Å². The highest BCUT2D eigenvalue weighted by molar-refractivity contribution is 7.12. The molecule has 0 aromatic carbocycles. The van der Waals surface area contributed by atoms with Gasteiger partial charge < -0.3 is 15.3 Å². The summed E-state index contributed by atoms with van der Waals surface area (Å²) in [6.45, 7) is -0.0915. The van der Waals surface area contributed by atoms with Gasteiger partial charge in [0, 0.05) is 20.2 Å². The van der Waals surface area contributed by atoms with E-state index in [1.54, 1.807) is 25.5 Å². The van der Waals surface area contributed by atoms with Gasteiger partial charge in [0.05, 0.1) is 11.4 Å². The lowest BCUT2D eigenvalue weighted by molar-refractivity contribution is -0.131. The normalized spacial score (nSPS) is 10.4. The second-order valence-corrected chi connectivity index (χ2v) is 4.76. The first kappa shape index (κ1) is 14.9. The molecule has 0 fully saturated rings. The number of aliphatic carboxylic acids is 1. The van der Waals surface area contributed by atoms with Crippen molar-refractivity contribution >= 4 is 35.2 Å². The minimum Gasteiger partial charge on any atom is -0.478 e. The number of carboxylic acid groups (broad SMARTS) is 1. The Morgan fingerprint density at radius 3 is 2.68 bits per heavy atom. The summed E-state index contributed by atoms with van der Waals surface area (Å²) in [6, 6.07) is 1.65. The number of amides is 2. The molecule has 0 saturated carbocycles. The van der Waals surface area contributed by atoms with Crippen LogP contribution in [0.5, 0.6) is 0 Å². The summed E-state index contributed by atoms with van der Waals surface area (Å²) in [5.74, 6) is -1.69. The van der Waals surface area contributed by atoms with Crippen molar-refractivity contribution in [2.75, 3.05) is 20.6 Å². The fraction of sp³-hybridized carbons (Fsp3) is 0.250. The Kier molecular flexibility index (Phi) is 5.25. The Morgan fingerprint density at radius 1 is 1.42 bits per heavy atom. The molecule has 19 heavy (non-hydrogen) atoms. The Labute approximate surface area is 114 Å². The van der Waals surface area contributed by atoms with Crippen molar-refractivity contribution in [1.29, 1.82) is 0 Å². The Hall–Kier alpha value is -2.15. The molecule has 1 aromatic rings. The number of hydrogen-bond acceptors (Lipinski definition) is 4. The summed E-state index contributed by atoms with van der Waals surface area (Å²) in [7, 11) is 3.20. The maximum atomic E-state index is 11.8. The first-order chi connectivity index (χ1) is 8.91. The summed E-state index contributed by atoms with van der Waals surface area (Å²) >= 11 is 1.19. The third kappa shape index (κ3) is 4.55. The largest absolute Gasteiger partial charge is 0.478 e. The average Bonchev–Trinajstić information content (AvgIpc) is 2.81. The topological polar surface area (TPSA) is 86.7 Å². The molecule has 7 heteroatoms. The van der Waals surface area contributed by atoms with Gasteiger partial charge in [-0.25, -0.2) is 4.79 Å². The van der Waals surface area contributed by atoms with E-state index in [1.165, 1.54) is 22.3 Å². The standard InChI is InChI=1S/C12H14N2O4S/c1-14(2)9(15)7-13-12(18)11-8(5-6-19-11)3-4-10(16)17/h3-6H,7H2,1-2H3,(H,13,18)(H,16,17)/b4-3+. The van der Waals surface area contributed by atoms with E-state index in [0.29, 0.717) is 10.4 Å². The average molecular weight is 282 g/mol. The molecule has 1 heterocycles. The van der Waals surface area contributed by atoms with Crippen molar-refractivity contribution in [3.05, 3.63) is 28.0 Å². The maximum absolute atomic E-state index is 11.8. The monoisotopic (exact) mass is 282 g/mol. The molecule has 6 nitrogen and oxygen atoms in total. The van der Waals surface area contributed by atoms with Crippen LogP contribution in [0.4, 0.5) is 0 Å². The number of likely N-dealkylation sites (N-methyl/N-ethyl adjacent to an activating group) is 1. The van der Waals surface area contributed by atoms with Crippen LogP contribution < -0.4 is 5.32 Å². The molecule has 2 N–H and O–H groups in total. The van der Waals surface area contributed by atoms with E-state index in [1.807, 2.05) is 0 Å². The number of carbonyl (C=O) groups excluding carboxylic acids is 2. The lowest BCUT2D eigenvalue weighted by atomic mass is 10.2. The van der Waals surface area contributed by atoms with Crippen molar-refractivity contribution in [1.82, 2.24) is 10.2 Å². The van der Waals surface area contributed by atoms with E-state index < -0.39 is 11.9 Å². The number of rotatable bonds is 5. The van der Waals surface area contributed by atoms with Gasteiger partial charge in [0.2, 0.25) is 5.91 Å². The molecular weight excluding hydrogens is 268 g/mol. The highest BCUT2D eigenvalue weighted by Gasteiger charge is 2.13. The predicted molar refractivity (Wildman–Crippen MR) is 72.0 cm³/mol. The van der Waals surface area contributed by atoms with Gasteiger partial charge in [-0.05, 0) is 23.1 Å². The summed E-state index contributed by atoms with van der Waals surface area (Å²) < 4.78 is 0. The first-order valence-electron chi connectivity index (χ1n) is 5.38. The van der Waals surface area contributed by atoms with Crippen molar-refractivity contribution in [3.63, 3.8) is 0 Å². The third-order valence-electron chi connectivity index (χ3n) is 2.21. The zero-order valence-electron chi connectivity index (χ0n) is 10.5. The van der Waals surface area contributed by atoms with Gasteiger partial charge in [0.25, 0.3) is 5.91 Å². The zero-order valence-corrected chi connectivity index (χ0v) is 11.4. The second-order valence-electron chi connectivity index (χ2n) is 3.85. The molecule has 0 radical (unpaired) electrons. The Bertz CT molecular complexity index is 520.